The van der Waals surface area contributed by atoms with Crippen molar-refractivity contribution >= 4 is 11.6 Å². The van der Waals surface area contributed by atoms with Crippen molar-refractivity contribution in [2.24, 2.45) is 5.92 Å². The number of pyridine rings is 1. The standard InChI is InChI=1S/C18H17F2N7/c1-11-5-6-26(16-4-2-3-12(8-21)24-16)9-13(11)15-7-14(17(19)20)25-18-22-10-23-27(15)18/h2-4,7,10-11,13,17H,5-6,9H2,1H3/t11-,13?/m1/s1. The molecule has 3 aromatic rings. The number of piperidine rings is 1. The van der Waals surface area contributed by atoms with Crippen molar-refractivity contribution in [3.05, 3.63) is 47.7 Å². The van der Waals surface area contributed by atoms with Gasteiger partial charge in [-0.05, 0) is 30.5 Å². The van der Waals surface area contributed by atoms with Gasteiger partial charge in [0.05, 0.1) is 5.69 Å². The topological polar surface area (TPSA) is 83.0 Å². The fraction of sp³-hybridized carbons (Fsp3) is 0.389. The van der Waals surface area contributed by atoms with Gasteiger partial charge in [0, 0.05) is 19.0 Å². The number of aromatic nitrogens is 5. The maximum atomic E-state index is 13.3. The van der Waals surface area contributed by atoms with Crippen LogP contribution in [0, 0.1) is 17.2 Å². The summed E-state index contributed by atoms with van der Waals surface area (Å²) in [5, 5.41) is 13.3. The molecular weight excluding hydrogens is 352 g/mol. The van der Waals surface area contributed by atoms with Crippen LogP contribution in [-0.4, -0.2) is 37.7 Å². The maximum absolute atomic E-state index is 13.3. The number of fused-ring (bicyclic) bond motifs is 1. The molecule has 1 unspecified atom stereocenters. The number of nitrogens with zero attached hydrogens (tertiary/aromatic N) is 7. The molecular formula is C18H17F2N7. The lowest BCUT2D eigenvalue weighted by Crippen LogP contribution is -2.39. The lowest BCUT2D eigenvalue weighted by molar-refractivity contribution is 0.146. The normalized spacial score (nSPS) is 20.2. The van der Waals surface area contributed by atoms with Gasteiger partial charge in [-0.3, -0.25) is 0 Å². The van der Waals surface area contributed by atoms with Crippen molar-refractivity contribution in [2.75, 3.05) is 18.0 Å². The Kier molecular flexibility index (Phi) is 4.39. The molecule has 0 N–H and O–H groups in total. The van der Waals surface area contributed by atoms with E-state index in [0.29, 0.717) is 23.8 Å². The quantitative estimate of drug-likeness (QED) is 0.706. The van der Waals surface area contributed by atoms with Gasteiger partial charge in [-0.1, -0.05) is 13.0 Å². The Balaban J connectivity index is 1.73. The van der Waals surface area contributed by atoms with Gasteiger partial charge in [0.2, 0.25) is 0 Å². The van der Waals surface area contributed by atoms with E-state index < -0.39 is 6.43 Å². The van der Waals surface area contributed by atoms with E-state index in [9.17, 15) is 8.78 Å². The molecule has 27 heavy (non-hydrogen) atoms. The Hall–Kier alpha value is -3.15. The van der Waals surface area contributed by atoms with Gasteiger partial charge in [0.15, 0.2) is 0 Å². The van der Waals surface area contributed by atoms with E-state index >= 15 is 0 Å². The van der Waals surface area contributed by atoms with Gasteiger partial charge < -0.3 is 4.90 Å². The zero-order chi connectivity index (χ0) is 19.0. The summed E-state index contributed by atoms with van der Waals surface area (Å²) in [7, 11) is 0. The zero-order valence-electron chi connectivity index (χ0n) is 14.6. The van der Waals surface area contributed by atoms with Gasteiger partial charge in [-0.25, -0.2) is 23.3 Å². The second-order valence-corrected chi connectivity index (χ2v) is 6.69. The number of rotatable bonds is 3. The van der Waals surface area contributed by atoms with Crippen molar-refractivity contribution in [1.29, 1.82) is 5.26 Å². The van der Waals surface area contributed by atoms with Gasteiger partial charge in [-0.2, -0.15) is 15.3 Å². The number of alkyl halides is 2. The van der Waals surface area contributed by atoms with Crippen molar-refractivity contribution in [2.45, 2.75) is 25.7 Å². The number of nitriles is 1. The molecule has 4 rings (SSSR count). The molecule has 7 nitrogen and oxygen atoms in total. The van der Waals surface area contributed by atoms with Crippen LogP contribution in [0.15, 0.2) is 30.6 Å². The van der Waals surface area contributed by atoms with Gasteiger partial charge in [0.25, 0.3) is 12.2 Å². The summed E-state index contributed by atoms with van der Waals surface area (Å²) in [5.41, 5.74) is 0.728. The fourth-order valence-corrected chi connectivity index (χ4v) is 3.55. The number of anilines is 1. The molecule has 2 atom stereocenters. The van der Waals surface area contributed by atoms with E-state index in [4.69, 9.17) is 5.26 Å². The van der Waals surface area contributed by atoms with E-state index in [1.54, 1.807) is 12.1 Å². The van der Waals surface area contributed by atoms with Crippen LogP contribution in [0.4, 0.5) is 14.6 Å². The molecule has 9 heteroatoms. The molecule has 1 aliphatic heterocycles. The summed E-state index contributed by atoms with van der Waals surface area (Å²) in [6, 6.07) is 8.78. The van der Waals surface area contributed by atoms with Crippen LogP contribution in [0.3, 0.4) is 0 Å². The van der Waals surface area contributed by atoms with Crippen LogP contribution in [-0.2, 0) is 0 Å². The van der Waals surface area contributed by atoms with E-state index in [1.165, 1.54) is 16.9 Å². The van der Waals surface area contributed by atoms with Crippen LogP contribution < -0.4 is 4.90 Å². The minimum atomic E-state index is -2.67. The van der Waals surface area contributed by atoms with Crippen LogP contribution in [0.1, 0.15) is 42.8 Å². The first-order valence-electron chi connectivity index (χ1n) is 8.67. The second-order valence-electron chi connectivity index (χ2n) is 6.69. The first-order chi connectivity index (χ1) is 13.1. The molecule has 0 bridgehead atoms. The molecule has 138 valence electrons. The lowest BCUT2D eigenvalue weighted by atomic mass is 9.84. The summed E-state index contributed by atoms with van der Waals surface area (Å²) in [6.45, 7) is 3.48. The Morgan fingerprint density at radius 1 is 1.30 bits per heavy atom. The van der Waals surface area contributed by atoms with Crippen LogP contribution >= 0.6 is 0 Å². The van der Waals surface area contributed by atoms with E-state index in [0.717, 1.165) is 13.0 Å². The minimum Gasteiger partial charge on any atom is -0.356 e. The van der Waals surface area contributed by atoms with E-state index in [1.807, 2.05) is 12.1 Å². The Labute approximate surface area is 154 Å². The van der Waals surface area contributed by atoms with Gasteiger partial charge in [-0.15, -0.1) is 0 Å². The summed E-state index contributed by atoms with van der Waals surface area (Å²) in [4.78, 5) is 14.3. The molecule has 0 aliphatic carbocycles. The highest BCUT2D eigenvalue weighted by molar-refractivity contribution is 5.43. The predicted molar refractivity (Wildman–Crippen MR) is 93.4 cm³/mol. The highest BCUT2D eigenvalue weighted by Gasteiger charge is 2.31. The molecule has 4 heterocycles. The summed E-state index contributed by atoms with van der Waals surface area (Å²) in [5.74, 6) is 1.11. The largest absolute Gasteiger partial charge is 0.356 e. The molecule has 0 radical (unpaired) electrons. The van der Waals surface area contributed by atoms with Crippen molar-refractivity contribution < 1.29 is 8.78 Å². The third-order valence-electron chi connectivity index (χ3n) is 5.03. The van der Waals surface area contributed by atoms with Crippen molar-refractivity contribution in [1.82, 2.24) is 24.6 Å². The molecule has 3 aromatic heterocycles. The summed E-state index contributed by atoms with van der Waals surface area (Å²) < 4.78 is 28.1. The molecule has 1 saturated heterocycles. The minimum absolute atomic E-state index is 0.0454. The highest BCUT2D eigenvalue weighted by atomic mass is 19.3. The van der Waals surface area contributed by atoms with Gasteiger partial charge in [0.1, 0.15) is 29.6 Å². The Morgan fingerprint density at radius 3 is 2.93 bits per heavy atom. The first-order valence-corrected chi connectivity index (χ1v) is 8.67. The second kappa shape index (κ2) is 6.87. The summed E-state index contributed by atoms with van der Waals surface area (Å²) >= 11 is 0. The zero-order valence-corrected chi connectivity index (χ0v) is 14.6. The Morgan fingerprint density at radius 2 is 2.15 bits per heavy atom. The molecule has 1 fully saturated rings. The van der Waals surface area contributed by atoms with Crippen LogP contribution in [0.2, 0.25) is 0 Å². The average Bonchev–Trinajstić information content (AvgIpc) is 3.16. The van der Waals surface area contributed by atoms with E-state index in [2.05, 4.69) is 31.9 Å². The predicted octanol–water partition coefficient (Wildman–Crippen LogP) is 2.96. The first kappa shape index (κ1) is 17.3. The smallest absolute Gasteiger partial charge is 0.280 e. The van der Waals surface area contributed by atoms with E-state index in [-0.39, 0.29) is 23.3 Å². The average molecular weight is 369 g/mol. The molecule has 0 amide bonds. The van der Waals surface area contributed by atoms with Crippen LogP contribution in [0.25, 0.3) is 5.78 Å². The molecule has 0 saturated carbocycles. The third-order valence-corrected chi connectivity index (χ3v) is 5.03. The third kappa shape index (κ3) is 3.18. The monoisotopic (exact) mass is 369 g/mol. The Bertz CT molecular complexity index is 1010. The van der Waals surface area contributed by atoms with Crippen LogP contribution in [0.5, 0.6) is 0 Å². The lowest BCUT2D eigenvalue weighted by Gasteiger charge is -2.38. The number of halogens is 2. The highest BCUT2D eigenvalue weighted by Crippen LogP contribution is 2.35. The number of hydrogen-bond acceptors (Lipinski definition) is 6. The molecule has 1 aliphatic rings. The van der Waals surface area contributed by atoms with Crippen molar-refractivity contribution in [3.8, 4) is 6.07 Å². The molecule has 0 aromatic carbocycles. The SMILES string of the molecule is C[C@@H]1CCN(c2cccc(C#N)n2)CC1c1cc(C(F)F)nc2ncnn12. The van der Waals surface area contributed by atoms with Gasteiger partial charge >= 0.3 is 0 Å². The van der Waals surface area contributed by atoms with Crippen molar-refractivity contribution in [3.63, 3.8) is 0 Å². The molecule has 0 spiro atoms. The summed E-state index contributed by atoms with van der Waals surface area (Å²) in [6.07, 6.45) is -0.481. The fourth-order valence-electron chi connectivity index (χ4n) is 3.55. The maximum Gasteiger partial charge on any atom is 0.280 e. The number of hydrogen-bond donors (Lipinski definition) is 0.